The topological polar surface area (TPSA) is 73.9 Å². The van der Waals surface area contributed by atoms with E-state index < -0.39 is 25.1 Å². The molecular formula is C20H18ClF2NO5. The lowest BCUT2D eigenvalue weighted by Crippen LogP contribution is -2.20. The highest BCUT2D eigenvalue weighted by Crippen LogP contribution is 2.28. The van der Waals surface area contributed by atoms with Crippen molar-refractivity contribution in [1.29, 1.82) is 0 Å². The van der Waals surface area contributed by atoms with Crippen LogP contribution in [0.15, 0.2) is 48.5 Å². The van der Waals surface area contributed by atoms with Crippen LogP contribution >= 0.6 is 11.6 Å². The van der Waals surface area contributed by atoms with Gasteiger partial charge in [-0.25, -0.2) is 4.79 Å². The molecule has 0 unspecified atom stereocenters. The molecule has 2 aromatic carbocycles. The highest BCUT2D eigenvalue weighted by molar-refractivity contribution is 6.32. The molecule has 0 radical (unpaired) electrons. The van der Waals surface area contributed by atoms with E-state index in [-0.39, 0.29) is 16.5 Å². The van der Waals surface area contributed by atoms with Crippen molar-refractivity contribution in [1.82, 2.24) is 0 Å². The molecule has 0 aliphatic heterocycles. The van der Waals surface area contributed by atoms with Crippen molar-refractivity contribution in [3.63, 3.8) is 0 Å². The predicted octanol–water partition coefficient (Wildman–Crippen LogP) is 4.54. The summed E-state index contributed by atoms with van der Waals surface area (Å²) in [5, 5.41) is 2.33. The Kier molecular flexibility index (Phi) is 8.42. The van der Waals surface area contributed by atoms with Gasteiger partial charge in [-0.15, -0.1) is 0 Å². The van der Waals surface area contributed by atoms with E-state index in [0.717, 1.165) is 11.3 Å². The van der Waals surface area contributed by atoms with E-state index in [0.29, 0.717) is 6.61 Å². The number of halogens is 3. The van der Waals surface area contributed by atoms with E-state index >= 15 is 0 Å². The molecule has 0 atom stereocenters. The van der Waals surface area contributed by atoms with Gasteiger partial charge in [-0.1, -0.05) is 23.7 Å². The zero-order valence-corrected chi connectivity index (χ0v) is 16.1. The minimum atomic E-state index is -3.01. The van der Waals surface area contributed by atoms with E-state index in [9.17, 15) is 18.4 Å². The van der Waals surface area contributed by atoms with Crippen molar-refractivity contribution >= 4 is 35.2 Å². The van der Waals surface area contributed by atoms with Crippen LogP contribution in [0.5, 0.6) is 11.5 Å². The Morgan fingerprint density at radius 1 is 1.17 bits per heavy atom. The number of rotatable bonds is 9. The summed E-state index contributed by atoms with van der Waals surface area (Å²) in [6.07, 6.45) is 2.73. The second kappa shape index (κ2) is 11.0. The summed E-state index contributed by atoms with van der Waals surface area (Å²) >= 11 is 5.80. The summed E-state index contributed by atoms with van der Waals surface area (Å²) in [5.74, 6) is -0.817. The summed E-state index contributed by atoms with van der Waals surface area (Å²) in [5.41, 5.74) is 0.998. The van der Waals surface area contributed by atoms with E-state index in [4.69, 9.17) is 21.1 Å². The van der Waals surface area contributed by atoms with E-state index in [1.165, 1.54) is 30.4 Å². The molecule has 0 spiro atoms. The van der Waals surface area contributed by atoms with Crippen LogP contribution in [0.4, 0.5) is 14.5 Å². The summed E-state index contributed by atoms with van der Waals surface area (Å²) in [4.78, 5) is 23.6. The lowest BCUT2D eigenvalue weighted by atomic mass is 10.2. The van der Waals surface area contributed by atoms with Crippen molar-refractivity contribution in [2.75, 3.05) is 18.5 Å². The largest absolute Gasteiger partial charge is 0.494 e. The zero-order chi connectivity index (χ0) is 21.2. The van der Waals surface area contributed by atoms with Crippen molar-refractivity contribution in [3.05, 3.63) is 59.1 Å². The number of anilines is 1. The fourth-order valence-corrected chi connectivity index (χ4v) is 2.38. The highest BCUT2D eigenvalue weighted by atomic mass is 35.5. The van der Waals surface area contributed by atoms with Gasteiger partial charge in [-0.3, -0.25) is 4.79 Å². The van der Waals surface area contributed by atoms with Gasteiger partial charge >= 0.3 is 12.6 Å². The third-order valence-electron chi connectivity index (χ3n) is 3.38. The molecule has 154 valence electrons. The van der Waals surface area contributed by atoms with E-state index in [2.05, 4.69) is 10.1 Å². The molecule has 0 aliphatic carbocycles. The number of ether oxygens (including phenoxy) is 3. The maximum absolute atomic E-state index is 12.2. The first-order valence-electron chi connectivity index (χ1n) is 8.49. The fraction of sp³-hybridized carbons (Fsp3) is 0.200. The summed E-state index contributed by atoms with van der Waals surface area (Å²) < 4.78 is 38.8. The first kappa shape index (κ1) is 22.2. The molecular weight excluding hydrogens is 408 g/mol. The smallest absolute Gasteiger partial charge is 0.387 e. The quantitative estimate of drug-likeness (QED) is 0.472. The van der Waals surface area contributed by atoms with Gasteiger partial charge in [0.05, 0.1) is 11.6 Å². The van der Waals surface area contributed by atoms with Gasteiger partial charge in [0.2, 0.25) is 0 Å². The lowest BCUT2D eigenvalue weighted by Gasteiger charge is -2.09. The number of hydrogen-bond donors (Lipinski definition) is 1. The predicted molar refractivity (Wildman–Crippen MR) is 104 cm³/mol. The van der Waals surface area contributed by atoms with Crippen LogP contribution in [0.25, 0.3) is 6.08 Å². The molecule has 29 heavy (non-hydrogen) atoms. The number of amides is 1. The number of benzene rings is 2. The Bertz CT molecular complexity index is 872. The molecule has 0 aliphatic rings. The molecule has 0 bridgehead atoms. The van der Waals surface area contributed by atoms with Gasteiger partial charge in [-0.05, 0) is 48.9 Å². The number of hydrogen-bond acceptors (Lipinski definition) is 5. The Morgan fingerprint density at radius 3 is 2.52 bits per heavy atom. The monoisotopic (exact) mass is 425 g/mol. The van der Waals surface area contributed by atoms with Gasteiger partial charge in [0.25, 0.3) is 5.91 Å². The second-order valence-electron chi connectivity index (χ2n) is 5.51. The first-order valence-corrected chi connectivity index (χ1v) is 8.87. The van der Waals surface area contributed by atoms with Crippen molar-refractivity contribution in [3.8, 4) is 11.5 Å². The number of alkyl halides is 2. The molecule has 6 nitrogen and oxygen atoms in total. The number of esters is 1. The van der Waals surface area contributed by atoms with Crippen LogP contribution in [-0.2, 0) is 14.3 Å². The van der Waals surface area contributed by atoms with Crippen molar-refractivity contribution < 1.29 is 32.6 Å². The molecule has 0 fully saturated rings. The number of carbonyl (C=O) groups is 2. The zero-order valence-electron chi connectivity index (χ0n) is 15.4. The van der Waals surface area contributed by atoms with Crippen LogP contribution in [0.2, 0.25) is 5.02 Å². The maximum atomic E-state index is 12.2. The lowest BCUT2D eigenvalue weighted by molar-refractivity contribution is -0.142. The summed E-state index contributed by atoms with van der Waals surface area (Å²) in [7, 11) is 0. The van der Waals surface area contributed by atoms with Crippen molar-refractivity contribution in [2.45, 2.75) is 13.5 Å². The molecule has 0 heterocycles. The molecule has 1 amide bonds. The maximum Gasteiger partial charge on any atom is 0.387 e. The summed E-state index contributed by atoms with van der Waals surface area (Å²) in [6.45, 7) is -1.10. The van der Waals surface area contributed by atoms with Crippen LogP contribution in [0.3, 0.4) is 0 Å². The fourth-order valence-electron chi connectivity index (χ4n) is 2.16. The van der Waals surface area contributed by atoms with Gasteiger partial charge in [0, 0.05) is 11.8 Å². The van der Waals surface area contributed by atoms with Crippen molar-refractivity contribution in [2.24, 2.45) is 0 Å². The average molecular weight is 426 g/mol. The van der Waals surface area contributed by atoms with Gasteiger partial charge < -0.3 is 19.5 Å². The molecule has 1 N–H and O–H groups in total. The molecule has 0 saturated carbocycles. The van der Waals surface area contributed by atoms with Gasteiger partial charge in [0.15, 0.2) is 6.61 Å². The van der Waals surface area contributed by atoms with Crippen LogP contribution < -0.4 is 14.8 Å². The van der Waals surface area contributed by atoms with E-state index in [1.54, 1.807) is 24.3 Å². The first-order chi connectivity index (χ1) is 13.9. The molecule has 9 heteroatoms. The van der Waals surface area contributed by atoms with Crippen LogP contribution in [0, 0.1) is 0 Å². The highest BCUT2D eigenvalue weighted by Gasteiger charge is 2.11. The second-order valence-corrected chi connectivity index (χ2v) is 5.92. The SMILES string of the molecule is CCOc1ccc(/C=C/C(=O)OCC(=O)Nc2ccc(OC(F)F)c(Cl)c2)cc1. The number of nitrogens with one attached hydrogen (secondary N) is 1. The van der Waals surface area contributed by atoms with Crippen LogP contribution in [-0.4, -0.2) is 31.7 Å². The Labute approximate surface area is 171 Å². The Hall–Kier alpha value is -3.13. The normalized spacial score (nSPS) is 10.8. The minimum Gasteiger partial charge on any atom is -0.494 e. The molecule has 2 aromatic rings. The van der Waals surface area contributed by atoms with Gasteiger partial charge in [0.1, 0.15) is 11.5 Å². The minimum absolute atomic E-state index is 0.0987. The average Bonchev–Trinajstić information content (AvgIpc) is 2.68. The number of carbonyl (C=O) groups excluding carboxylic acids is 2. The molecule has 0 aromatic heterocycles. The van der Waals surface area contributed by atoms with Crippen LogP contribution in [0.1, 0.15) is 12.5 Å². The molecule has 0 saturated heterocycles. The third-order valence-corrected chi connectivity index (χ3v) is 3.68. The standard InChI is InChI=1S/C20H18ClF2NO5/c1-2-27-15-7-3-13(4-8-15)5-10-19(26)28-12-18(25)24-14-6-9-17(16(21)11-14)29-20(22)23/h3-11,20H,2,12H2,1H3,(H,24,25)/b10-5+. The summed E-state index contributed by atoms with van der Waals surface area (Å²) in [6, 6.07) is 10.8. The van der Waals surface area contributed by atoms with E-state index in [1.807, 2.05) is 6.92 Å². The van der Waals surface area contributed by atoms with Gasteiger partial charge in [-0.2, -0.15) is 8.78 Å². The molecule has 2 rings (SSSR count). The Morgan fingerprint density at radius 2 is 1.90 bits per heavy atom. The third kappa shape index (κ3) is 7.79. The Balaban J connectivity index is 1.80.